The molecule has 0 radical (unpaired) electrons. The highest BCUT2D eigenvalue weighted by Crippen LogP contribution is 2.30. The van der Waals surface area contributed by atoms with Crippen LogP contribution in [0.15, 0.2) is 48.5 Å². The van der Waals surface area contributed by atoms with Gasteiger partial charge in [-0.1, -0.05) is 35.9 Å². The Morgan fingerprint density at radius 3 is 2.48 bits per heavy atom. The van der Waals surface area contributed by atoms with Crippen LogP contribution >= 0.6 is 11.6 Å². The molecule has 5 heteroatoms. The van der Waals surface area contributed by atoms with Gasteiger partial charge in [0.05, 0.1) is 35.7 Å². The third-order valence-electron chi connectivity index (χ3n) is 4.69. The number of hydrogen-bond acceptors (Lipinski definition) is 2. The molecule has 0 aliphatic heterocycles. The van der Waals surface area contributed by atoms with Crippen molar-refractivity contribution in [3.05, 3.63) is 53.6 Å². The van der Waals surface area contributed by atoms with E-state index in [1.807, 2.05) is 48.5 Å². The van der Waals surface area contributed by atoms with Gasteiger partial charge >= 0.3 is 0 Å². The topological polar surface area (TPSA) is 42.5 Å². The Labute approximate surface area is 153 Å². The smallest absolute Gasteiger partial charge is 0.142 e. The molecule has 2 aromatic carbocycles. The zero-order chi connectivity index (χ0) is 17.8. The number of imidazole rings is 1. The lowest BCUT2D eigenvalue weighted by Gasteiger charge is -2.20. The second-order valence-electron chi connectivity index (χ2n) is 6.33. The molecule has 0 fully saturated rings. The maximum Gasteiger partial charge on any atom is 0.142 e. The van der Waals surface area contributed by atoms with E-state index in [1.165, 1.54) is 4.90 Å². The molecule has 132 valence electrons. The quantitative estimate of drug-likeness (QED) is 0.682. The number of quaternary nitrogens is 1. The second-order valence-corrected chi connectivity index (χ2v) is 6.74. The minimum atomic E-state index is -0.436. The van der Waals surface area contributed by atoms with Crippen LogP contribution in [0.4, 0.5) is 0 Å². The lowest BCUT2D eigenvalue weighted by atomic mass is 10.2. The van der Waals surface area contributed by atoms with Crippen LogP contribution in [0.1, 0.15) is 13.8 Å². The zero-order valence-corrected chi connectivity index (χ0v) is 15.5. The van der Waals surface area contributed by atoms with Crippen LogP contribution in [-0.2, 0) is 6.54 Å². The Kier molecular flexibility index (Phi) is 5.74. The molecule has 3 rings (SSSR count). The van der Waals surface area contributed by atoms with E-state index in [0.29, 0.717) is 11.6 Å². The standard InChI is InChI=1S/C20H24ClN3O/c1-3-23(4-2)13-15(25)14-24-19-12-8-7-11-18(19)22-20(24)16-9-5-6-10-17(16)21/h5-12,15,25H,3-4,13-14H2,1-2H3/p+1/t15-/m0/s1. The van der Waals surface area contributed by atoms with Crippen LogP contribution < -0.4 is 4.90 Å². The summed E-state index contributed by atoms with van der Waals surface area (Å²) in [6.07, 6.45) is -0.436. The summed E-state index contributed by atoms with van der Waals surface area (Å²) < 4.78 is 2.09. The number of nitrogens with zero attached hydrogens (tertiary/aromatic N) is 2. The third kappa shape index (κ3) is 3.87. The molecule has 0 spiro atoms. The van der Waals surface area contributed by atoms with Crippen LogP contribution in [-0.4, -0.2) is 40.4 Å². The van der Waals surface area contributed by atoms with Crippen molar-refractivity contribution >= 4 is 22.6 Å². The molecule has 0 saturated heterocycles. The molecule has 0 aliphatic carbocycles. The maximum absolute atomic E-state index is 10.7. The van der Waals surface area contributed by atoms with Crippen molar-refractivity contribution in [1.29, 1.82) is 0 Å². The first-order valence-corrected chi connectivity index (χ1v) is 9.23. The molecule has 0 aliphatic rings. The summed E-state index contributed by atoms with van der Waals surface area (Å²) >= 11 is 6.40. The number of hydrogen-bond donors (Lipinski definition) is 2. The van der Waals surface area contributed by atoms with Crippen LogP contribution in [0.25, 0.3) is 22.4 Å². The lowest BCUT2D eigenvalue weighted by molar-refractivity contribution is -0.899. The fourth-order valence-electron chi connectivity index (χ4n) is 3.26. The maximum atomic E-state index is 10.7. The number of halogens is 1. The number of aromatic nitrogens is 2. The number of rotatable bonds is 7. The van der Waals surface area contributed by atoms with E-state index < -0.39 is 6.10 Å². The summed E-state index contributed by atoms with van der Waals surface area (Å²) in [6.45, 7) is 7.54. The first-order valence-electron chi connectivity index (χ1n) is 8.85. The number of aliphatic hydroxyl groups excluding tert-OH is 1. The highest BCUT2D eigenvalue weighted by Gasteiger charge is 2.19. The van der Waals surface area contributed by atoms with E-state index in [0.717, 1.165) is 42.1 Å². The number of para-hydroxylation sites is 2. The number of nitrogens with one attached hydrogen (secondary N) is 1. The van der Waals surface area contributed by atoms with Gasteiger partial charge in [0.25, 0.3) is 0 Å². The first-order chi connectivity index (χ1) is 12.1. The first kappa shape index (κ1) is 17.9. The molecule has 1 atom stereocenters. The van der Waals surface area contributed by atoms with Gasteiger partial charge in [0, 0.05) is 5.56 Å². The number of fused-ring (bicyclic) bond motifs is 1. The predicted molar refractivity (Wildman–Crippen MR) is 103 cm³/mol. The summed E-state index contributed by atoms with van der Waals surface area (Å²) in [5.74, 6) is 0.806. The van der Waals surface area contributed by atoms with Crippen molar-refractivity contribution in [2.75, 3.05) is 19.6 Å². The van der Waals surface area contributed by atoms with Gasteiger partial charge in [-0.05, 0) is 38.1 Å². The molecule has 0 amide bonds. The van der Waals surface area contributed by atoms with Gasteiger partial charge in [-0.25, -0.2) is 4.98 Å². The fraction of sp³-hybridized carbons (Fsp3) is 0.350. The van der Waals surface area contributed by atoms with Gasteiger partial charge in [-0.2, -0.15) is 0 Å². The van der Waals surface area contributed by atoms with Gasteiger partial charge in [-0.3, -0.25) is 0 Å². The molecular formula is C20H25ClN3O+. The zero-order valence-electron chi connectivity index (χ0n) is 14.7. The number of likely N-dealkylation sites (N-methyl/N-ethyl adjacent to an activating group) is 1. The Morgan fingerprint density at radius 1 is 1.08 bits per heavy atom. The molecule has 3 aromatic rings. The highest BCUT2D eigenvalue weighted by atomic mass is 35.5. The van der Waals surface area contributed by atoms with Crippen molar-refractivity contribution in [2.45, 2.75) is 26.5 Å². The summed E-state index contributed by atoms with van der Waals surface area (Å²) in [4.78, 5) is 6.16. The molecular weight excluding hydrogens is 334 g/mol. The summed E-state index contributed by atoms with van der Waals surface area (Å²) in [6, 6.07) is 15.7. The van der Waals surface area contributed by atoms with Crippen LogP contribution in [0.5, 0.6) is 0 Å². The highest BCUT2D eigenvalue weighted by molar-refractivity contribution is 6.33. The van der Waals surface area contributed by atoms with Gasteiger partial charge in [0.2, 0.25) is 0 Å². The minimum Gasteiger partial charge on any atom is -0.385 e. The monoisotopic (exact) mass is 358 g/mol. The summed E-state index contributed by atoms with van der Waals surface area (Å²) in [5.41, 5.74) is 2.83. The van der Waals surface area contributed by atoms with Gasteiger partial charge in [0.1, 0.15) is 18.5 Å². The molecule has 0 unspecified atom stereocenters. The van der Waals surface area contributed by atoms with Crippen molar-refractivity contribution in [2.24, 2.45) is 0 Å². The van der Waals surface area contributed by atoms with E-state index in [4.69, 9.17) is 16.6 Å². The number of benzene rings is 2. The summed E-state index contributed by atoms with van der Waals surface area (Å²) in [5, 5.41) is 11.3. The van der Waals surface area contributed by atoms with Crippen molar-refractivity contribution in [3.8, 4) is 11.4 Å². The normalized spacial score (nSPS) is 12.8. The van der Waals surface area contributed by atoms with E-state index >= 15 is 0 Å². The number of aliphatic hydroxyl groups is 1. The Morgan fingerprint density at radius 2 is 1.76 bits per heavy atom. The van der Waals surface area contributed by atoms with E-state index in [-0.39, 0.29) is 0 Å². The molecule has 1 aromatic heterocycles. The molecule has 25 heavy (non-hydrogen) atoms. The average molecular weight is 359 g/mol. The fourth-order valence-corrected chi connectivity index (χ4v) is 3.48. The minimum absolute atomic E-state index is 0.436. The van der Waals surface area contributed by atoms with Crippen LogP contribution in [0.3, 0.4) is 0 Å². The Balaban J connectivity index is 2.01. The molecule has 4 nitrogen and oxygen atoms in total. The van der Waals surface area contributed by atoms with Crippen LogP contribution in [0, 0.1) is 0 Å². The van der Waals surface area contributed by atoms with Crippen molar-refractivity contribution in [1.82, 2.24) is 9.55 Å². The SMILES string of the molecule is CC[NH+](CC)C[C@H](O)Cn1c(-c2ccccc2Cl)nc2ccccc21. The largest absolute Gasteiger partial charge is 0.385 e. The van der Waals surface area contributed by atoms with Crippen molar-refractivity contribution < 1.29 is 10.0 Å². The Hall–Kier alpha value is -1.88. The summed E-state index contributed by atoms with van der Waals surface area (Å²) in [7, 11) is 0. The average Bonchev–Trinajstić information content (AvgIpc) is 2.98. The van der Waals surface area contributed by atoms with Gasteiger partial charge in [0.15, 0.2) is 0 Å². The second kappa shape index (κ2) is 8.00. The lowest BCUT2D eigenvalue weighted by Crippen LogP contribution is -3.12. The van der Waals surface area contributed by atoms with E-state index in [9.17, 15) is 5.11 Å². The molecule has 0 bridgehead atoms. The van der Waals surface area contributed by atoms with E-state index in [1.54, 1.807) is 0 Å². The Bertz CT molecular complexity index is 842. The van der Waals surface area contributed by atoms with E-state index in [2.05, 4.69) is 18.4 Å². The van der Waals surface area contributed by atoms with Gasteiger partial charge < -0.3 is 14.6 Å². The van der Waals surface area contributed by atoms with Crippen molar-refractivity contribution in [3.63, 3.8) is 0 Å². The van der Waals surface area contributed by atoms with Gasteiger partial charge in [-0.15, -0.1) is 0 Å². The molecule has 1 heterocycles. The third-order valence-corrected chi connectivity index (χ3v) is 5.02. The van der Waals surface area contributed by atoms with Crippen LogP contribution in [0.2, 0.25) is 5.02 Å². The predicted octanol–water partition coefficient (Wildman–Crippen LogP) is 2.64. The molecule has 2 N–H and O–H groups in total. The molecule has 0 saturated carbocycles.